The highest BCUT2D eigenvalue weighted by Gasteiger charge is 2.55. The minimum absolute atomic E-state index is 0.214. The number of carbonyl (C=O) groups excluding carboxylic acids is 5. The van der Waals surface area contributed by atoms with Gasteiger partial charge in [0.05, 0.1) is 6.10 Å². The molecule has 0 unspecified atom stereocenters. The van der Waals surface area contributed by atoms with Gasteiger partial charge in [-0.3, -0.25) is 24.0 Å². The van der Waals surface area contributed by atoms with Gasteiger partial charge in [-0.25, -0.2) is 0 Å². The summed E-state index contributed by atoms with van der Waals surface area (Å²) >= 11 is 0. The van der Waals surface area contributed by atoms with Crippen LogP contribution in [0.4, 0.5) is 0 Å². The molecule has 0 saturated carbocycles. The van der Waals surface area contributed by atoms with Crippen LogP contribution in [-0.2, 0) is 66.6 Å². The van der Waals surface area contributed by atoms with Crippen molar-refractivity contribution < 1.29 is 71.7 Å². The summed E-state index contributed by atoms with van der Waals surface area (Å²) in [5, 5.41) is 11.3. The highest BCUT2D eigenvalue weighted by atomic mass is 16.8. The van der Waals surface area contributed by atoms with Crippen LogP contribution in [0, 0.1) is 0 Å². The van der Waals surface area contributed by atoms with Crippen LogP contribution in [0.25, 0.3) is 0 Å². The van der Waals surface area contributed by atoms with Crippen molar-refractivity contribution in [3.63, 3.8) is 0 Å². The van der Waals surface area contributed by atoms with Crippen LogP contribution < -0.4 is 0 Å². The van der Waals surface area contributed by atoms with Crippen LogP contribution in [0.5, 0.6) is 0 Å². The summed E-state index contributed by atoms with van der Waals surface area (Å²) in [5.74, 6) is -3.62. The van der Waals surface area contributed by atoms with E-state index in [-0.39, 0.29) is 13.2 Å². The third-order valence-electron chi connectivity index (χ3n) is 9.08. The fourth-order valence-electron chi connectivity index (χ4n) is 6.56. The molecule has 2 fully saturated rings. The minimum Gasteiger partial charge on any atom is -0.463 e. The molecule has 53 heavy (non-hydrogen) atoms. The molecule has 2 aliphatic rings. The van der Waals surface area contributed by atoms with Crippen molar-refractivity contribution in [1.82, 2.24) is 0 Å². The smallest absolute Gasteiger partial charge is 0.303 e. The Morgan fingerprint density at radius 2 is 0.981 bits per heavy atom. The number of rotatable bonds is 24. The number of hydrogen-bond acceptors (Lipinski definition) is 15. The van der Waals surface area contributed by atoms with Crippen molar-refractivity contribution in [2.24, 2.45) is 0 Å². The first kappa shape index (κ1) is 46.3. The number of carbonyl (C=O) groups is 5. The molecule has 2 saturated heterocycles. The van der Waals surface area contributed by atoms with Crippen molar-refractivity contribution in [2.75, 3.05) is 13.2 Å². The van der Waals surface area contributed by atoms with Crippen LogP contribution >= 0.6 is 0 Å². The van der Waals surface area contributed by atoms with Crippen molar-refractivity contribution in [1.29, 1.82) is 0 Å². The van der Waals surface area contributed by atoms with Crippen molar-refractivity contribution >= 4 is 29.8 Å². The minimum atomic E-state index is -1.56. The number of unbranched alkanes of at least 4 members (excludes halogenated alkanes) is 13. The number of hydrogen-bond donors (Lipinski definition) is 1. The average Bonchev–Trinajstić information content (AvgIpc) is 3.07. The van der Waals surface area contributed by atoms with Gasteiger partial charge in [-0.1, -0.05) is 90.4 Å². The van der Waals surface area contributed by atoms with E-state index in [2.05, 4.69) is 6.92 Å². The first-order valence-electron chi connectivity index (χ1n) is 19.3. The lowest BCUT2D eigenvalue weighted by atomic mass is 9.96. The molecule has 1 N–H and O–H groups in total. The van der Waals surface area contributed by atoms with E-state index in [0.717, 1.165) is 47.0 Å². The lowest BCUT2D eigenvalue weighted by Gasteiger charge is -2.48. The largest absolute Gasteiger partial charge is 0.463 e. The number of esters is 5. The first-order valence-corrected chi connectivity index (χ1v) is 19.3. The third-order valence-corrected chi connectivity index (χ3v) is 9.08. The fraction of sp³-hybridized carbons (Fsp3) is 0.868. The molecule has 0 aromatic carbocycles. The summed E-state index contributed by atoms with van der Waals surface area (Å²) < 4.78 is 51.5. The summed E-state index contributed by atoms with van der Waals surface area (Å²) in [6, 6.07) is 0. The van der Waals surface area contributed by atoms with E-state index in [1.165, 1.54) is 71.1 Å². The maximum absolute atomic E-state index is 12.3. The van der Waals surface area contributed by atoms with Gasteiger partial charge in [0.1, 0.15) is 18.8 Å². The van der Waals surface area contributed by atoms with Crippen LogP contribution in [0.3, 0.4) is 0 Å². The van der Waals surface area contributed by atoms with Gasteiger partial charge < -0.3 is 47.7 Å². The molecule has 10 atom stereocenters. The quantitative estimate of drug-likeness (QED) is 0.0787. The molecule has 2 heterocycles. The molecule has 306 valence electrons. The van der Waals surface area contributed by atoms with E-state index < -0.39 is 91.3 Å². The highest BCUT2D eigenvalue weighted by molar-refractivity contribution is 5.68. The second-order valence-corrected chi connectivity index (χ2v) is 13.9. The van der Waals surface area contributed by atoms with Crippen LogP contribution in [0.2, 0.25) is 0 Å². The third kappa shape index (κ3) is 17.4. The Labute approximate surface area is 314 Å². The molecule has 2 aliphatic heterocycles. The van der Waals surface area contributed by atoms with Gasteiger partial charge in [-0.2, -0.15) is 0 Å². The predicted molar refractivity (Wildman–Crippen MR) is 189 cm³/mol. The predicted octanol–water partition coefficient (Wildman–Crippen LogP) is 4.99. The summed E-state index contributed by atoms with van der Waals surface area (Å²) in [5.41, 5.74) is 0. The molecular weight excluding hydrogens is 696 g/mol. The van der Waals surface area contributed by atoms with Crippen molar-refractivity contribution in [3.05, 3.63) is 0 Å². The number of ether oxygens (including phenoxy) is 9. The molecular formula is C38H64O15. The van der Waals surface area contributed by atoms with Gasteiger partial charge in [-0.05, 0) is 13.3 Å². The van der Waals surface area contributed by atoms with Gasteiger partial charge in [0.25, 0.3) is 0 Å². The molecule has 0 aromatic heterocycles. The molecule has 0 spiro atoms. The Balaban J connectivity index is 2.16. The van der Waals surface area contributed by atoms with Crippen LogP contribution in [-0.4, -0.2) is 110 Å². The molecule has 0 aliphatic carbocycles. The molecule has 15 heteroatoms. The van der Waals surface area contributed by atoms with Crippen molar-refractivity contribution in [2.45, 2.75) is 200 Å². The summed E-state index contributed by atoms with van der Waals surface area (Å²) in [6.07, 6.45) is 3.24. The SMILES string of the molecule is CCCCCCCCCCCCCCCCO[C@@H]1O[C@H](COC(C)=O)[C@@H](O)[C@H](OC(C)=O)[C@H]1O[C@@H]1O[C@@H](C)[C@H](OC(C)=O)[C@@H](OC(C)=O)[C@H]1OC(C)=O. The molecule has 0 amide bonds. The lowest BCUT2D eigenvalue weighted by molar-refractivity contribution is -0.365. The monoisotopic (exact) mass is 760 g/mol. The Morgan fingerprint density at radius 1 is 0.528 bits per heavy atom. The summed E-state index contributed by atoms with van der Waals surface area (Å²) in [7, 11) is 0. The van der Waals surface area contributed by atoms with E-state index in [9.17, 15) is 29.1 Å². The van der Waals surface area contributed by atoms with Crippen LogP contribution in [0.1, 0.15) is 138 Å². The standard InChI is InChI=1S/C38H64O15/c1-8-9-10-11-12-13-14-15-16-17-18-19-20-21-22-45-37-35(33(49-27(5)41)31(44)30(52-37)23-46-25(3)39)53-38-36(51-29(7)43)34(50-28(6)42)32(24(2)47-38)48-26(4)40/h24,30-38,44H,8-23H2,1-7H3/t24-,30+,31+,32-,33-,34+,35+,36+,37+,38-/m0/s1. The van der Waals surface area contributed by atoms with Crippen molar-refractivity contribution in [3.8, 4) is 0 Å². The molecule has 0 bridgehead atoms. The van der Waals surface area contributed by atoms with Crippen LogP contribution in [0.15, 0.2) is 0 Å². The van der Waals surface area contributed by atoms with E-state index >= 15 is 0 Å². The normalized spacial score (nSPS) is 28.5. The van der Waals surface area contributed by atoms with Gasteiger partial charge in [0.15, 0.2) is 43.1 Å². The Morgan fingerprint density at radius 3 is 1.47 bits per heavy atom. The number of aliphatic hydroxyl groups is 1. The molecule has 0 aromatic rings. The average molecular weight is 761 g/mol. The molecule has 0 radical (unpaired) electrons. The summed E-state index contributed by atoms with van der Waals surface area (Å²) in [4.78, 5) is 60.3. The molecule has 15 nitrogen and oxygen atoms in total. The van der Waals surface area contributed by atoms with E-state index in [1.54, 1.807) is 6.92 Å². The summed E-state index contributed by atoms with van der Waals surface area (Å²) in [6.45, 7) is 9.39. The Bertz CT molecular complexity index is 1120. The first-order chi connectivity index (χ1) is 25.2. The topological polar surface area (TPSA) is 189 Å². The van der Waals surface area contributed by atoms with E-state index in [0.29, 0.717) is 6.42 Å². The van der Waals surface area contributed by atoms with Gasteiger partial charge >= 0.3 is 29.8 Å². The molecule has 2 rings (SSSR count). The Kier molecular flexibility index (Phi) is 22.1. The van der Waals surface area contributed by atoms with Gasteiger partial charge in [-0.15, -0.1) is 0 Å². The Hall–Kier alpha value is -2.85. The maximum atomic E-state index is 12.3. The highest BCUT2D eigenvalue weighted by Crippen LogP contribution is 2.34. The zero-order valence-electron chi connectivity index (χ0n) is 32.7. The van der Waals surface area contributed by atoms with E-state index in [4.69, 9.17) is 42.6 Å². The zero-order valence-corrected chi connectivity index (χ0v) is 32.7. The second kappa shape index (κ2) is 25.3. The van der Waals surface area contributed by atoms with E-state index in [1.807, 2.05) is 0 Å². The fourth-order valence-corrected chi connectivity index (χ4v) is 6.56. The second-order valence-electron chi connectivity index (χ2n) is 13.9. The maximum Gasteiger partial charge on any atom is 0.303 e. The van der Waals surface area contributed by atoms with Gasteiger partial charge in [0.2, 0.25) is 0 Å². The zero-order chi connectivity index (χ0) is 39.3. The number of aliphatic hydroxyl groups excluding tert-OH is 1. The lowest BCUT2D eigenvalue weighted by Crippen LogP contribution is -2.66. The van der Waals surface area contributed by atoms with Gasteiger partial charge in [0, 0.05) is 41.2 Å².